The molecular weight excluding hydrogens is 326 g/mol. The fraction of sp³-hybridized carbons (Fsp3) is 0.263. The molecule has 0 bridgehead atoms. The van der Waals surface area contributed by atoms with Crippen LogP contribution in [0.4, 0.5) is 0 Å². The SMILES string of the molecule is CC1(C)C(C(=O)O)c2ccccc2C(=O)N1Cc1ccc(Cl)cc1. The molecule has 2 aromatic carbocycles. The van der Waals surface area contributed by atoms with E-state index in [1.54, 1.807) is 55.1 Å². The van der Waals surface area contributed by atoms with Gasteiger partial charge in [0.2, 0.25) is 0 Å². The Bertz CT molecular complexity index is 799. The predicted octanol–water partition coefficient (Wildman–Crippen LogP) is 3.94. The van der Waals surface area contributed by atoms with Gasteiger partial charge in [0.1, 0.15) is 5.92 Å². The molecule has 0 fully saturated rings. The standard InChI is InChI=1S/C19H18ClNO3/c1-19(2)16(18(23)24)14-5-3-4-6-15(14)17(22)21(19)11-12-7-9-13(20)10-8-12/h3-10,16H,11H2,1-2H3,(H,23,24). The first-order valence-electron chi connectivity index (χ1n) is 7.70. The van der Waals surface area contributed by atoms with Gasteiger partial charge in [-0.15, -0.1) is 0 Å². The van der Waals surface area contributed by atoms with Gasteiger partial charge in [-0.2, -0.15) is 0 Å². The number of nitrogens with zero attached hydrogens (tertiary/aromatic N) is 1. The molecule has 1 atom stereocenters. The lowest BCUT2D eigenvalue weighted by Gasteiger charge is -2.46. The number of aliphatic carboxylic acids is 1. The Balaban J connectivity index is 2.07. The van der Waals surface area contributed by atoms with E-state index in [2.05, 4.69) is 0 Å². The van der Waals surface area contributed by atoms with Crippen LogP contribution in [0.3, 0.4) is 0 Å². The minimum atomic E-state index is -0.930. The third kappa shape index (κ3) is 2.67. The summed E-state index contributed by atoms with van der Waals surface area (Å²) in [5.41, 5.74) is 1.09. The second-order valence-electron chi connectivity index (χ2n) is 6.53. The van der Waals surface area contributed by atoms with Gasteiger partial charge in [-0.1, -0.05) is 41.9 Å². The third-order valence-electron chi connectivity index (χ3n) is 4.65. The topological polar surface area (TPSA) is 57.6 Å². The lowest BCUT2D eigenvalue weighted by atomic mass is 9.74. The van der Waals surface area contributed by atoms with Crippen LogP contribution in [0.25, 0.3) is 0 Å². The molecule has 1 heterocycles. The van der Waals surface area contributed by atoms with Gasteiger partial charge < -0.3 is 10.0 Å². The molecule has 24 heavy (non-hydrogen) atoms. The number of amides is 1. The molecule has 0 aromatic heterocycles. The Morgan fingerprint density at radius 3 is 2.42 bits per heavy atom. The zero-order valence-corrected chi connectivity index (χ0v) is 14.2. The maximum Gasteiger partial charge on any atom is 0.313 e. The first kappa shape index (κ1) is 16.5. The highest BCUT2D eigenvalue weighted by atomic mass is 35.5. The van der Waals surface area contributed by atoms with Crippen LogP contribution in [0.1, 0.15) is 41.3 Å². The Hall–Kier alpha value is -2.33. The highest BCUT2D eigenvalue weighted by molar-refractivity contribution is 6.30. The second kappa shape index (κ2) is 5.95. The van der Waals surface area contributed by atoms with E-state index < -0.39 is 17.4 Å². The molecular formula is C19H18ClNO3. The minimum Gasteiger partial charge on any atom is -0.481 e. The zero-order valence-electron chi connectivity index (χ0n) is 13.5. The molecule has 0 saturated carbocycles. The van der Waals surface area contributed by atoms with Gasteiger partial charge in [0, 0.05) is 17.1 Å². The van der Waals surface area contributed by atoms with Gasteiger partial charge in [-0.25, -0.2) is 0 Å². The Morgan fingerprint density at radius 1 is 1.17 bits per heavy atom. The molecule has 0 radical (unpaired) electrons. The summed E-state index contributed by atoms with van der Waals surface area (Å²) in [5.74, 6) is -1.86. The van der Waals surface area contributed by atoms with Gasteiger partial charge in [-0.3, -0.25) is 9.59 Å². The fourth-order valence-electron chi connectivity index (χ4n) is 3.37. The average Bonchev–Trinajstić information content (AvgIpc) is 2.52. The maximum atomic E-state index is 13.0. The van der Waals surface area contributed by atoms with Crippen LogP contribution in [0.15, 0.2) is 48.5 Å². The van der Waals surface area contributed by atoms with Crippen molar-refractivity contribution in [3.05, 3.63) is 70.2 Å². The molecule has 4 nitrogen and oxygen atoms in total. The summed E-state index contributed by atoms with van der Waals surface area (Å²) in [6, 6.07) is 14.2. The van der Waals surface area contributed by atoms with Crippen LogP contribution >= 0.6 is 11.6 Å². The lowest BCUT2D eigenvalue weighted by Crippen LogP contribution is -2.56. The largest absolute Gasteiger partial charge is 0.481 e. The quantitative estimate of drug-likeness (QED) is 0.918. The smallest absolute Gasteiger partial charge is 0.313 e. The van der Waals surface area contributed by atoms with Crippen molar-refractivity contribution in [2.24, 2.45) is 0 Å². The van der Waals surface area contributed by atoms with Crippen LogP contribution in [0, 0.1) is 0 Å². The number of rotatable bonds is 3. The number of halogens is 1. The van der Waals surface area contributed by atoms with Crippen LogP contribution in [0.2, 0.25) is 5.02 Å². The lowest BCUT2D eigenvalue weighted by molar-refractivity contribution is -0.142. The van der Waals surface area contributed by atoms with Crippen molar-refractivity contribution < 1.29 is 14.7 Å². The van der Waals surface area contributed by atoms with E-state index in [1.807, 2.05) is 12.1 Å². The first-order valence-corrected chi connectivity index (χ1v) is 8.08. The monoisotopic (exact) mass is 343 g/mol. The molecule has 1 aliphatic rings. The van der Waals surface area contributed by atoms with Crippen molar-refractivity contribution in [1.82, 2.24) is 4.90 Å². The molecule has 5 heteroatoms. The molecule has 1 amide bonds. The highest BCUT2D eigenvalue weighted by Gasteiger charge is 2.48. The number of hydrogen-bond acceptors (Lipinski definition) is 2. The van der Waals surface area contributed by atoms with E-state index in [-0.39, 0.29) is 5.91 Å². The summed E-state index contributed by atoms with van der Waals surface area (Å²) < 4.78 is 0. The predicted molar refractivity (Wildman–Crippen MR) is 92.2 cm³/mol. The number of carboxylic acids is 1. The van der Waals surface area contributed by atoms with Crippen molar-refractivity contribution in [3.8, 4) is 0 Å². The number of carbonyl (C=O) groups is 2. The number of benzene rings is 2. The van der Waals surface area contributed by atoms with Crippen molar-refractivity contribution >= 4 is 23.5 Å². The average molecular weight is 344 g/mol. The Labute approximate surface area is 145 Å². The first-order chi connectivity index (χ1) is 11.3. The summed E-state index contributed by atoms with van der Waals surface area (Å²) in [4.78, 5) is 26.5. The number of fused-ring (bicyclic) bond motifs is 1. The molecule has 0 spiro atoms. The summed E-state index contributed by atoms with van der Waals surface area (Å²) in [6.07, 6.45) is 0. The molecule has 2 aromatic rings. The van der Waals surface area contributed by atoms with Crippen molar-refractivity contribution in [3.63, 3.8) is 0 Å². The van der Waals surface area contributed by atoms with Gasteiger partial charge in [0.15, 0.2) is 0 Å². The van der Waals surface area contributed by atoms with Gasteiger partial charge in [0.05, 0.1) is 5.54 Å². The molecule has 0 saturated heterocycles. The van der Waals surface area contributed by atoms with E-state index >= 15 is 0 Å². The highest BCUT2D eigenvalue weighted by Crippen LogP contribution is 2.41. The number of carboxylic acid groups (broad SMARTS) is 1. The summed E-state index contributed by atoms with van der Waals surface area (Å²) in [7, 11) is 0. The van der Waals surface area contributed by atoms with Crippen LogP contribution in [-0.2, 0) is 11.3 Å². The van der Waals surface area contributed by atoms with Crippen molar-refractivity contribution in [2.75, 3.05) is 0 Å². The van der Waals surface area contributed by atoms with Crippen LogP contribution in [0.5, 0.6) is 0 Å². The summed E-state index contributed by atoms with van der Waals surface area (Å²) in [5, 5.41) is 10.4. The fourth-order valence-corrected chi connectivity index (χ4v) is 3.50. The minimum absolute atomic E-state index is 0.150. The summed E-state index contributed by atoms with van der Waals surface area (Å²) in [6.45, 7) is 3.94. The second-order valence-corrected chi connectivity index (χ2v) is 6.97. The van der Waals surface area contributed by atoms with Gasteiger partial charge >= 0.3 is 5.97 Å². The molecule has 1 N–H and O–H groups in total. The van der Waals surface area contributed by atoms with Crippen LogP contribution < -0.4 is 0 Å². The van der Waals surface area contributed by atoms with Crippen molar-refractivity contribution in [1.29, 1.82) is 0 Å². The number of carbonyl (C=O) groups excluding carboxylic acids is 1. The molecule has 1 aliphatic heterocycles. The Morgan fingerprint density at radius 2 is 1.79 bits per heavy atom. The molecule has 1 unspecified atom stereocenters. The zero-order chi connectivity index (χ0) is 17.5. The summed E-state index contributed by atoms with van der Waals surface area (Å²) >= 11 is 5.91. The molecule has 124 valence electrons. The maximum absolute atomic E-state index is 13.0. The van der Waals surface area contributed by atoms with E-state index in [0.29, 0.717) is 22.7 Å². The van der Waals surface area contributed by atoms with Crippen molar-refractivity contribution in [2.45, 2.75) is 31.8 Å². The Kier molecular flexibility index (Phi) is 4.10. The van der Waals surface area contributed by atoms with E-state index in [9.17, 15) is 14.7 Å². The van der Waals surface area contributed by atoms with E-state index in [0.717, 1.165) is 5.56 Å². The molecule has 3 rings (SSSR count). The van der Waals surface area contributed by atoms with Crippen LogP contribution in [-0.4, -0.2) is 27.4 Å². The van der Waals surface area contributed by atoms with E-state index in [1.165, 1.54) is 0 Å². The third-order valence-corrected chi connectivity index (χ3v) is 4.90. The van der Waals surface area contributed by atoms with E-state index in [4.69, 9.17) is 11.6 Å². The molecule has 0 aliphatic carbocycles. The van der Waals surface area contributed by atoms with Gasteiger partial charge in [-0.05, 0) is 43.2 Å². The van der Waals surface area contributed by atoms with Gasteiger partial charge in [0.25, 0.3) is 5.91 Å². The number of hydrogen-bond donors (Lipinski definition) is 1. The normalized spacial score (nSPS) is 19.0.